The first-order chi connectivity index (χ1) is 23.8. The van der Waals surface area contributed by atoms with Gasteiger partial charge >= 0.3 is 0 Å². The van der Waals surface area contributed by atoms with E-state index in [0.29, 0.717) is 5.82 Å². The summed E-state index contributed by atoms with van der Waals surface area (Å²) < 4.78 is 8.88. The van der Waals surface area contributed by atoms with Crippen LogP contribution < -0.4 is 0 Å². The number of nitrogens with zero attached hydrogens (tertiary/aromatic N) is 4. The molecule has 10 aromatic rings. The highest BCUT2D eigenvalue weighted by Crippen LogP contribution is 2.40. The van der Waals surface area contributed by atoms with E-state index in [0.717, 1.165) is 88.7 Å². The number of imidazole rings is 1. The van der Waals surface area contributed by atoms with Gasteiger partial charge in [0.05, 0.1) is 22.4 Å². The van der Waals surface area contributed by atoms with Gasteiger partial charge in [-0.3, -0.25) is 4.40 Å². The summed E-state index contributed by atoms with van der Waals surface area (Å²) in [6.07, 6.45) is 0. The number of fused-ring (bicyclic) bond motifs is 10. The Morgan fingerprint density at radius 3 is 1.92 bits per heavy atom. The van der Waals surface area contributed by atoms with Crippen molar-refractivity contribution in [3.8, 4) is 45.0 Å². The normalized spacial score (nSPS) is 11.8. The molecular formula is C43H26N4O. The second kappa shape index (κ2) is 10.5. The van der Waals surface area contributed by atoms with E-state index in [9.17, 15) is 0 Å². The van der Waals surface area contributed by atoms with Crippen LogP contribution in [-0.4, -0.2) is 19.4 Å². The Hall–Kier alpha value is -6.59. The molecule has 10 rings (SSSR count). The Morgan fingerprint density at radius 2 is 1.08 bits per heavy atom. The molecule has 5 heteroatoms. The fourth-order valence-corrected chi connectivity index (χ4v) is 6.90. The number of aromatic nitrogens is 4. The van der Waals surface area contributed by atoms with E-state index < -0.39 is 0 Å². The zero-order valence-electron chi connectivity index (χ0n) is 25.7. The molecule has 5 nitrogen and oxygen atoms in total. The van der Waals surface area contributed by atoms with Crippen molar-refractivity contribution in [2.45, 2.75) is 0 Å². The number of hydrogen-bond donors (Lipinski definition) is 0. The Balaban J connectivity index is 1.17. The van der Waals surface area contributed by atoms with Crippen LogP contribution in [0.5, 0.6) is 0 Å². The molecule has 0 fully saturated rings. The second-order valence-corrected chi connectivity index (χ2v) is 12.1. The van der Waals surface area contributed by atoms with Crippen LogP contribution in [0.15, 0.2) is 162 Å². The lowest BCUT2D eigenvalue weighted by molar-refractivity contribution is 0.672. The minimum atomic E-state index is 0.701. The molecule has 0 saturated heterocycles. The molecule has 0 aliphatic heterocycles. The Morgan fingerprint density at radius 1 is 0.438 bits per heavy atom. The number of furan rings is 1. The first-order valence-electron chi connectivity index (χ1n) is 16.0. The second-order valence-electron chi connectivity index (χ2n) is 12.1. The highest BCUT2D eigenvalue weighted by atomic mass is 16.3. The number of para-hydroxylation sites is 2. The summed E-state index contributed by atoms with van der Waals surface area (Å²) >= 11 is 0. The lowest BCUT2D eigenvalue weighted by Crippen LogP contribution is -1.96. The van der Waals surface area contributed by atoms with Gasteiger partial charge in [-0.15, -0.1) is 0 Å². The zero-order valence-corrected chi connectivity index (χ0v) is 25.7. The third-order valence-electron chi connectivity index (χ3n) is 9.18. The van der Waals surface area contributed by atoms with Crippen molar-refractivity contribution in [1.29, 1.82) is 0 Å². The first kappa shape index (κ1) is 26.6. The number of hydrogen-bond acceptors (Lipinski definition) is 4. The summed E-state index contributed by atoms with van der Waals surface area (Å²) in [6, 6.07) is 54.3. The van der Waals surface area contributed by atoms with Crippen molar-refractivity contribution >= 4 is 49.5 Å². The fraction of sp³-hybridized carbons (Fsp3) is 0. The van der Waals surface area contributed by atoms with Gasteiger partial charge in [-0.1, -0.05) is 121 Å². The predicted octanol–water partition coefficient (Wildman–Crippen LogP) is 11.0. The van der Waals surface area contributed by atoms with E-state index in [1.807, 2.05) is 42.5 Å². The minimum Gasteiger partial charge on any atom is -0.454 e. The molecule has 4 heterocycles. The molecule has 0 saturated carbocycles. The molecule has 224 valence electrons. The molecule has 0 spiro atoms. The maximum Gasteiger partial charge on any atom is 0.160 e. The van der Waals surface area contributed by atoms with Gasteiger partial charge in [-0.05, 0) is 47.5 Å². The quantitative estimate of drug-likeness (QED) is 0.198. The summed E-state index contributed by atoms with van der Waals surface area (Å²) in [5.74, 6) is 0.701. The van der Waals surface area contributed by atoms with Gasteiger partial charge in [0, 0.05) is 32.8 Å². The van der Waals surface area contributed by atoms with Gasteiger partial charge in [0.2, 0.25) is 0 Å². The molecule has 48 heavy (non-hydrogen) atoms. The predicted molar refractivity (Wildman–Crippen MR) is 195 cm³/mol. The van der Waals surface area contributed by atoms with Crippen LogP contribution in [0.25, 0.3) is 94.6 Å². The minimum absolute atomic E-state index is 0.701. The molecule has 0 radical (unpaired) electrons. The molecular weight excluding hydrogens is 589 g/mol. The van der Waals surface area contributed by atoms with Crippen molar-refractivity contribution in [3.05, 3.63) is 158 Å². The summed E-state index contributed by atoms with van der Waals surface area (Å²) in [4.78, 5) is 15.1. The molecule has 4 aromatic heterocycles. The Kier molecular flexibility index (Phi) is 5.81. The SMILES string of the molecule is c1ccc(-c2cc(-c3cccc(-c4ccc5oc6c7ccccc7c7nc8ccccc8n7c6c5c4)c3)nc(-c3ccccc3)n2)cc1. The smallest absolute Gasteiger partial charge is 0.160 e. The summed E-state index contributed by atoms with van der Waals surface area (Å²) in [6.45, 7) is 0. The molecule has 0 aliphatic carbocycles. The average molecular weight is 615 g/mol. The van der Waals surface area contributed by atoms with Gasteiger partial charge in [0.15, 0.2) is 11.4 Å². The summed E-state index contributed by atoms with van der Waals surface area (Å²) in [5, 5.41) is 3.18. The van der Waals surface area contributed by atoms with Gasteiger partial charge in [0.25, 0.3) is 0 Å². The largest absolute Gasteiger partial charge is 0.454 e. The fourth-order valence-electron chi connectivity index (χ4n) is 6.90. The topological polar surface area (TPSA) is 56.2 Å². The molecule has 0 bridgehead atoms. The summed E-state index contributed by atoms with van der Waals surface area (Å²) in [7, 11) is 0. The van der Waals surface area contributed by atoms with E-state index in [1.54, 1.807) is 0 Å². The van der Waals surface area contributed by atoms with Crippen molar-refractivity contribution in [2.75, 3.05) is 0 Å². The molecule has 0 unspecified atom stereocenters. The average Bonchev–Trinajstić information content (AvgIpc) is 3.74. The first-order valence-corrected chi connectivity index (χ1v) is 16.0. The molecule has 0 aliphatic rings. The van der Waals surface area contributed by atoms with Crippen LogP contribution in [0.3, 0.4) is 0 Å². The van der Waals surface area contributed by atoms with E-state index in [1.165, 1.54) is 0 Å². The van der Waals surface area contributed by atoms with E-state index in [4.69, 9.17) is 19.4 Å². The third kappa shape index (κ3) is 4.15. The number of pyridine rings is 1. The van der Waals surface area contributed by atoms with Crippen LogP contribution >= 0.6 is 0 Å². The van der Waals surface area contributed by atoms with E-state index in [-0.39, 0.29) is 0 Å². The van der Waals surface area contributed by atoms with Crippen molar-refractivity contribution in [1.82, 2.24) is 19.4 Å². The summed E-state index contributed by atoms with van der Waals surface area (Å²) in [5.41, 5.74) is 12.7. The van der Waals surface area contributed by atoms with E-state index >= 15 is 0 Å². The van der Waals surface area contributed by atoms with Crippen molar-refractivity contribution in [3.63, 3.8) is 0 Å². The van der Waals surface area contributed by atoms with Gasteiger partial charge in [0.1, 0.15) is 16.7 Å². The maximum absolute atomic E-state index is 6.62. The monoisotopic (exact) mass is 614 g/mol. The number of benzene rings is 6. The van der Waals surface area contributed by atoms with Crippen LogP contribution in [-0.2, 0) is 0 Å². The lowest BCUT2D eigenvalue weighted by Gasteiger charge is -2.11. The lowest BCUT2D eigenvalue weighted by atomic mass is 9.99. The van der Waals surface area contributed by atoms with Crippen LogP contribution in [0.1, 0.15) is 0 Å². The van der Waals surface area contributed by atoms with E-state index in [2.05, 4.69) is 120 Å². The van der Waals surface area contributed by atoms with Crippen molar-refractivity contribution in [2.24, 2.45) is 0 Å². The van der Waals surface area contributed by atoms with Crippen LogP contribution in [0.2, 0.25) is 0 Å². The number of rotatable bonds is 4. The Bertz CT molecular complexity index is 2780. The van der Waals surface area contributed by atoms with Gasteiger partial charge in [-0.25, -0.2) is 15.0 Å². The highest BCUT2D eigenvalue weighted by Gasteiger charge is 2.20. The van der Waals surface area contributed by atoms with Crippen LogP contribution in [0, 0.1) is 0 Å². The molecule has 0 N–H and O–H groups in total. The molecule has 0 atom stereocenters. The zero-order chi connectivity index (χ0) is 31.6. The standard InChI is InChI=1S/C43H26N4O/c1-3-12-27(13-4-1)36-26-37(45-42(44-36)28-14-5-2-6-15-28)31-17-11-16-29(24-31)30-22-23-39-34(25-30)40-41(48-39)32-18-7-8-19-33(32)43-46-35-20-9-10-21-38(35)47(40)43/h1-26H. The van der Waals surface area contributed by atoms with Gasteiger partial charge < -0.3 is 4.42 Å². The molecule has 0 amide bonds. The van der Waals surface area contributed by atoms with Gasteiger partial charge in [-0.2, -0.15) is 0 Å². The third-order valence-corrected chi connectivity index (χ3v) is 9.18. The Labute approximate surface area is 275 Å². The maximum atomic E-state index is 6.62. The van der Waals surface area contributed by atoms with Crippen molar-refractivity contribution < 1.29 is 4.42 Å². The molecule has 6 aromatic carbocycles. The highest BCUT2D eigenvalue weighted by molar-refractivity contribution is 6.19. The van der Waals surface area contributed by atoms with Crippen LogP contribution in [0.4, 0.5) is 0 Å².